The molecule has 0 spiro atoms. The lowest BCUT2D eigenvalue weighted by Gasteiger charge is -2.19. The summed E-state index contributed by atoms with van der Waals surface area (Å²) < 4.78 is 0. The predicted molar refractivity (Wildman–Crippen MR) is 115 cm³/mol. The van der Waals surface area contributed by atoms with Gasteiger partial charge in [-0.1, -0.05) is 30.3 Å². The van der Waals surface area contributed by atoms with Crippen LogP contribution in [0, 0.1) is 0 Å². The summed E-state index contributed by atoms with van der Waals surface area (Å²) in [6, 6.07) is 11.6. The van der Waals surface area contributed by atoms with Crippen LogP contribution < -0.4 is 0 Å². The number of benzene rings is 5. The van der Waals surface area contributed by atoms with Crippen LogP contribution >= 0.6 is 0 Å². The van der Waals surface area contributed by atoms with Crippen molar-refractivity contribution in [2.45, 2.75) is 0 Å². The first kappa shape index (κ1) is 19.3. The van der Waals surface area contributed by atoms with E-state index in [-0.39, 0.29) is 32.8 Å². The van der Waals surface area contributed by atoms with Gasteiger partial charge in [0.05, 0.1) is 22.3 Å². The van der Waals surface area contributed by atoms with Crippen LogP contribution in [-0.4, -0.2) is 44.3 Å². The van der Waals surface area contributed by atoms with E-state index in [0.717, 1.165) is 6.07 Å². The highest BCUT2D eigenvalue weighted by atomic mass is 16.4. The Kier molecular flexibility index (Phi) is 3.84. The first-order chi connectivity index (χ1) is 15.2. The lowest BCUT2D eigenvalue weighted by Crippen LogP contribution is -2.09. The van der Waals surface area contributed by atoms with Crippen LogP contribution in [0.5, 0.6) is 0 Å². The van der Waals surface area contributed by atoms with Crippen molar-refractivity contribution in [2.75, 3.05) is 0 Å². The highest BCUT2D eigenvalue weighted by Gasteiger charge is 2.27. The Morgan fingerprint density at radius 1 is 0.438 bits per heavy atom. The molecule has 156 valence electrons. The lowest BCUT2D eigenvalue weighted by molar-refractivity contribution is 0.0684. The number of carboxylic acids is 4. The maximum atomic E-state index is 12.2. The molecule has 0 aliphatic carbocycles. The third kappa shape index (κ3) is 2.37. The van der Waals surface area contributed by atoms with E-state index in [1.807, 2.05) is 0 Å². The molecule has 0 aliphatic rings. The Morgan fingerprint density at radius 2 is 0.938 bits per heavy atom. The van der Waals surface area contributed by atoms with Crippen molar-refractivity contribution in [3.05, 3.63) is 70.8 Å². The topological polar surface area (TPSA) is 149 Å². The third-order valence-corrected chi connectivity index (χ3v) is 5.80. The average Bonchev–Trinajstić information content (AvgIpc) is 2.75. The van der Waals surface area contributed by atoms with Crippen LogP contribution in [0.2, 0.25) is 0 Å². The number of carbonyl (C=O) groups is 4. The normalized spacial score (nSPS) is 11.5. The molecule has 4 N–H and O–H groups in total. The quantitative estimate of drug-likeness (QED) is 0.241. The van der Waals surface area contributed by atoms with E-state index in [2.05, 4.69) is 0 Å². The maximum Gasteiger partial charge on any atom is 0.336 e. The molecule has 5 aromatic rings. The molecule has 5 rings (SSSR count). The summed E-state index contributed by atoms with van der Waals surface area (Å²) >= 11 is 0. The van der Waals surface area contributed by atoms with E-state index in [1.54, 1.807) is 24.3 Å². The van der Waals surface area contributed by atoms with E-state index in [4.69, 9.17) is 0 Å². The summed E-state index contributed by atoms with van der Waals surface area (Å²) in [5.41, 5.74) is -0.973. The van der Waals surface area contributed by atoms with Gasteiger partial charge >= 0.3 is 23.9 Å². The number of fused-ring (bicyclic) bond motifs is 2. The van der Waals surface area contributed by atoms with Gasteiger partial charge in [-0.2, -0.15) is 0 Å². The van der Waals surface area contributed by atoms with Crippen molar-refractivity contribution in [1.82, 2.24) is 0 Å². The molecule has 0 aliphatic heterocycles. The van der Waals surface area contributed by atoms with Gasteiger partial charge in [0.25, 0.3) is 0 Å². The molecule has 0 aromatic heterocycles. The van der Waals surface area contributed by atoms with Gasteiger partial charge in [0.15, 0.2) is 0 Å². The molecular weight excluding hydrogens is 416 g/mol. The zero-order valence-corrected chi connectivity index (χ0v) is 16.0. The minimum atomic E-state index is -1.45. The molecule has 0 saturated carbocycles. The third-order valence-electron chi connectivity index (χ3n) is 5.80. The van der Waals surface area contributed by atoms with Gasteiger partial charge in [-0.15, -0.1) is 0 Å². The van der Waals surface area contributed by atoms with Crippen LogP contribution in [0.1, 0.15) is 41.4 Å². The maximum absolute atomic E-state index is 12.2. The van der Waals surface area contributed by atoms with Gasteiger partial charge in [0.1, 0.15) is 0 Å². The zero-order chi connectivity index (χ0) is 22.9. The molecule has 0 saturated heterocycles. The number of hydrogen-bond acceptors (Lipinski definition) is 4. The van der Waals surface area contributed by atoms with Crippen LogP contribution in [0.3, 0.4) is 0 Å². The Morgan fingerprint density at radius 3 is 1.53 bits per heavy atom. The first-order valence-electron chi connectivity index (χ1n) is 9.35. The fourth-order valence-corrected chi connectivity index (χ4v) is 4.61. The molecular formula is C24H12O8. The van der Waals surface area contributed by atoms with E-state index >= 15 is 0 Å². The Hall–Kier alpha value is -4.72. The number of carboxylic acid groups (broad SMARTS) is 4. The van der Waals surface area contributed by atoms with Crippen molar-refractivity contribution in [3.8, 4) is 0 Å². The molecule has 0 bridgehead atoms. The summed E-state index contributed by atoms with van der Waals surface area (Å²) in [7, 11) is 0. The summed E-state index contributed by atoms with van der Waals surface area (Å²) in [6.45, 7) is 0. The molecule has 0 radical (unpaired) electrons. The summed E-state index contributed by atoms with van der Waals surface area (Å²) in [5.74, 6) is -5.33. The second kappa shape index (κ2) is 6.39. The van der Waals surface area contributed by atoms with E-state index in [0.29, 0.717) is 26.9 Å². The minimum absolute atomic E-state index is 0.0338. The molecule has 0 unspecified atom stereocenters. The summed E-state index contributed by atoms with van der Waals surface area (Å²) in [6.07, 6.45) is 0. The monoisotopic (exact) mass is 428 g/mol. The standard InChI is InChI=1S/C24H12O8/c25-21(26)12-6-4-10-11-5-7-14(22(27)28)19-16(24(31)32)8-15(23(29)30)18(20(11)19)13-3-1-2-9(12)17(10)13/h1-8H,(H,25,26)(H,27,28)(H,29,30)(H,31,32). The van der Waals surface area contributed by atoms with Crippen LogP contribution in [0.15, 0.2) is 48.5 Å². The second-order valence-electron chi connectivity index (χ2n) is 7.37. The molecule has 0 heterocycles. The van der Waals surface area contributed by atoms with E-state index in [9.17, 15) is 39.6 Å². The van der Waals surface area contributed by atoms with Gasteiger partial charge in [0.2, 0.25) is 0 Å². The summed E-state index contributed by atoms with van der Waals surface area (Å²) in [5, 5.41) is 41.6. The average molecular weight is 428 g/mol. The predicted octanol–water partition coefficient (Wildman–Crippen LogP) is 4.53. The van der Waals surface area contributed by atoms with Crippen molar-refractivity contribution in [3.63, 3.8) is 0 Å². The van der Waals surface area contributed by atoms with Gasteiger partial charge in [-0.25, -0.2) is 19.2 Å². The van der Waals surface area contributed by atoms with Crippen molar-refractivity contribution >= 4 is 67.0 Å². The Bertz CT molecular complexity index is 1680. The molecule has 8 nitrogen and oxygen atoms in total. The number of aromatic carboxylic acids is 4. The van der Waals surface area contributed by atoms with Crippen molar-refractivity contribution in [2.24, 2.45) is 0 Å². The molecule has 0 fully saturated rings. The largest absolute Gasteiger partial charge is 0.478 e. The number of hydrogen-bond donors (Lipinski definition) is 4. The van der Waals surface area contributed by atoms with Crippen molar-refractivity contribution in [1.29, 1.82) is 0 Å². The fraction of sp³-hybridized carbons (Fsp3) is 0. The van der Waals surface area contributed by atoms with Gasteiger partial charge in [0, 0.05) is 10.8 Å². The SMILES string of the molecule is O=C(O)c1ccc2c3ccc(C(=O)O)c4c(C(=O)O)cc(C(=O)O)c(c5cccc1c25)c43. The minimum Gasteiger partial charge on any atom is -0.478 e. The van der Waals surface area contributed by atoms with E-state index < -0.39 is 29.4 Å². The van der Waals surface area contributed by atoms with Crippen molar-refractivity contribution < 1.29 is 39.6 Å². The molecule has 5 aromatic carbocycles. The fourth-order valence-electron chi connectivity index (χ4n) is 4.61. The molecule has 0 amide bonds. The Balaban J connectivity index is 2.23. The molecule has 0 atom stereocenters. The smallest absolute Gasteiger partial charge is 0.336 e. The zero-order valence-electron chi connectivity index (χ0n) is 16.0. The molecule has 32 heavy (non-hydrogen) atoms. The number of rotatable bonds is 4. The van der Waals surface area contributed by atoms with Gasteiger partial charge in [-0.05, 0) is 50.5 Å². The summed E-state index contributed by atoms with van der Waals surface area (Å²) in [4.78, 5) is 47.8. The van der Waals surface area contributed by atoms with Crippen LogP contribution in [0.25, 0.3) is 43.1 Å². The Labute approximate surface area is 177 Å². The first-order valence-corrected chi connectivity index (χ1v) is 9.35. The highest BCUT2D eigenvalue weighted by molar-refractivity contribution is 6.39. The van der Waals surface area contributed by atoms with Gasteiger partial charge < -0.3 is 20.4 Å². The van der Waals surface area contributed by atoms with Gasteiger partial charge in [-0.3, -0.25) is 0 Å². The van der Waals surface area contributed by atoms with E-state index in [1.165, 1.54) is 18.2 Å². The lowest BCUT2D eigenvalue weighted by atomic mass is 9.83. The highest BCUT2D eigenvalue weighted by Crippen LogP contribution is 2.44. The van der Waals surface area contributed by atoms with Crippen LogP contribution in [0.4, 0.5) is 0 Å². The molecule has 8 heteroatoms. The second-order valence-corrected chi connectivity index (χ2v) is 7.37. The van der Waals surface area contributed by atoms with Crippen LogP contribution in [-0.2, 0) is 0 Å².